The number of hydrogen-bond donors (Lipinski definition) is 5. The maximum absolute atomic E-state index is 12.7. The van der Waals surface area contributed by atoms with E-state index in [0.29, 0.717) is 33.4 Å². The molecule has 0 spiro atoms. The first kappa shape index (κ1) is 27.2. The van der Waals surface area contributed by atoms with Crippen LogP contribution in [-0.2, 0) is 4.79 Å². The van der Waals surface area contributed by atoms with Crippen LogP contribution in [0.5, 0.6) is 0 Å². The Morgan fingerprint density at radius 2 is 2.00 bits per heavy atom. The first-order valence-electron chi connectivity index (χ1n) is 11.4. The average Bonchev–Trinajstić information content (AvgIpc) is 3.31. The van der Waals surface area contributed by atoms with E-state index in [0.717, 1.165) is 5.56 Å². The molecule has 1 atom stereocenters. The number of H-pyrrole nitrogens is 1. The van der Waals surface area contributed by atoms with Gasteiger partial charge < -0.3 is 26.7 Å². The van der Waals surface area contributed by atoms with Gasteiger partial charge >= 0.3 is 0 Å². The molecule has 13 heteroatoms. The van der Waals surface area contributed by atoms with Crippen molar-refractivity contribution in [3.8, 4) is 11.1 Å². The summed E-state index contributed by atoms with van der Waals surface area (Å²) in [6.07, 6.45) is 9.32. The summed E-state index contributed by atoms with van der Waals surface area (Å²) in [5.74, 6) is -1.08. The van der Waals surface area contributed by atoms with E-state index in [9.17, 15) is 18.6 Å². The highest BCUT2D eigenvalue weighted by molar-refractivity contribution is 6.01. The summed E-state index contributed by atoms with van der Waals surface area (Å²) >= 11 is 0. The number of carbonyl (C=O) groups is 2. The SMILES string of the molecule is CN=C/C(=C\N)CNC(=O)c1cnc2[nH]cc(-c3cncc(N[C@@H](C(=O)NCN(F)F)C(C)C)c3)c2c1. The van der Waals surface area contributed by atoms with E-state index < -0.39 is 24.0 Å². The number of amides is 2. The lowest BCUT2D eigenvalue weighted by Crippen LogP contribution is -2.44. The largest absolute Gasteiger partial charge is 0.404 e. The molecule has 6 N–H and O–H groups in total. The number of pyridine rings is 2. The molecule has 2 amide bonds. The van der Waals surface area contributed by atoms with Gasteiger partial charge in [-0.15, -0.1) is 0 Å². The lowest BCUT2D eigenvalue weighted by atomic mass is 10.0. The number of carbonyl (C=O) groups excluding carboxylic acids is 2. The maximum Gasteiger partial charge on any atom is 0.253 e. The number of anilines is 1. The number of halogens is 2. The molecular formula is C24H29F2N9O2. The van der Waals surface area contributed by atoms with Crippen LogP contribution in [0.1, 0.15) is 24.2 Å². The first-order chi connectivity index (χ1) is 17.7. The summed E-state index contributed by atoms with van der Waals surface area (Å²) in [4.78, 5) is 40.7. The van der Waals surface area contributed by atoms with E-state index in [2.05, 4.69) is 35.9 Å². The predicted octanol–water partition coefficient (Wildman–Crippen LogP) is 2.48. The molecule has 0 saturated carbocycles. The van der Waals surface area contributed by atoms with Crippen molar-refractivity contribution in [1.29, 1.82) is 0 Å². The third-order valence-electron chi connectivity index (χ3n) is 5.45. The summed E-state index contributed by atoms with van der Waals surface area (Å²) in [6, 6.07) is 2.74. The van der Waals surface area contributed by atoms with E-state index in [1.165, 1.54) is 18.6 Å². The number of aromatic nitrogens is 3. The van der Waals surface area contributed by atoms with E-state index in [-0.39, 0.29) is 18.4 Å². The van der Waals surface area contributed by atoms with Crippen LogP contribution in [-0.4, -0.2) is 64.6 Å². The average molecular weight is 514 g/mol. The van der Waals surface area contributed by atoms with Crippen molar-refractivity contribution >= 4 is 34.7 Å². The Kier molecular flexibility index (Phi) is 9.21. The Bertz CT molecular complexity index is 1300. The molecular weight excluding hydrogens is 484 g/mol. The smallest absolute Gasteiger partial charge is 0.253 e. The Morgan fingerprint density at radius 3 is 2.68 bits per heavy atom. The minimum Gasteiger partial charge on any atom is -0.404 e. The molecule has 0 fully saturated rings. The fraction of sp³-hybridized carbons (Fsp3) is 0.292. The molecule has 0 aromatic carbocycles. The fourth-order valence-corrected chi connectivity index (χ4v) is 3.59. The maximum atomic E-state index is 12.7. The molecule has 0 aliphatic carbocycles. The van der Waals surface area contributed by atoms with Crippen LogP contribution in [0.4, 0.5) is 14.6 Å². The number of hydrogen-bond acceptors (Lipinski definition) is 8. The van der Waals surface area contributed by atoms with Gasteiger partial charge in [-0.2, -0.15) is 0 Å². The molecule has 196 valence electrons. The van der Waals surface area contributed by atoms with Crippen molar-refractivity contribution in [2.75, 3.05) is 25.6 Å². The van der Waals surface area contributed by atoms with Crippen molar-refractivity contribution < 1.29 is 18.6 Å². The van der Waals surface area contributed by atoms with E-state index >= 15 is 0 Å². The normalized spacial score (nSPS) is 12.9. The van der Waals surface area contributed by atoms with Crippen LogP contribution in [0.25, 0.3) is 22.2 Å². The number of nitrogens with one attached hydrogen (secondary N) is 4. The summed E-state index contributed by atoms with van der Waals surface area (Å²) in [5.41, 5.74) is 9.10. The first-order valence-corrected chi connectivity index (χ1v) is 11.4. The van der Waals surface area contributed by atoms with Crippen LogP contribution >= 0.6 is 0 Å². The van der Waals surface area contributed by atoms with E-state index in [1.807, 2.05) is 0 Å². The van der Waals surface area contributed by atoms with Crippen molar-refractivity contribution in [2.45, 2.75) is 19.9 Å². The predicted molar refractivity (Wildman–Crippen MR) is 138 cm³/mol. The van der Waals surface area contributed by atoms with Crippen LogP contribution in [0.2, 0.25) is 0 Å². The Balaban J connectivity index is 1.83. The van der Waals surface area contributed by atoms with Crippen molar-refractivity contribution in [3.63, 3.8) is 0 Å². The number of fused-ring (bicyclic) bond motifs is 1. The Morgan fingerprint density at radius 1 is 1.22 bits per heavy atom. The summed E-state index contributed by atoms with van der Waals surface area (Å²) in [5, 5.41) is 7.62. The summed E-state index contributed by atoms with van der Waals surface area (Å²) < 4.78 is 24.7. The van der Waals surface area contributed by atoms with Gasteiger partial charge in [-0.1, -0.05) is 22.8 Å². The molecule has 3 rings (SSSR count). The molecule has 3 aromatic rings. The van der Waals surface area contributed by atoms with Crippen molar-refractivity contribution in [2.24, 2.45) is 16.6 Å². The Labute approximate surface area is 212 Å². The highest BCUT2D eigenvalue weighted by Gasteiger charge is 2.23. The molecule has 3 heterocycles. The zero-order chi connectivity index (χ0) is 26.9. The molecule has 0 radical (unpaired) electrons. The second-order valence-electron chi connectivity index (χ2n) is 8.46. The van der Waals surface area contributed by atoms with Gasteiger partial charge in [-0.3, -0.25) is 19.6 Å². The van der Waals surface area contributed by atoms with Crippen LogP contribution < -0.4 is 21.7 Å². The van der Waals surface area contributed by atoms with Crippen LogP contribution in [0.15, 0.2) is 53.7 Å². The molecule has 0 unspecified atom stereocenters. The van der Waals surface area contributed by atoms with Crippen molar-refractivity contribution in [3.05, 3.63) is 54.3 Å². The summed E-state index contributed by atoms with van der Waals surface area (Å²) in [6.45, 7) is 2.94. The second-order valence-corrected chi connectivity index (χ2v) is 8.46. The van der Waals surface area contributed by atoms with E-state index in [4.69, 9.17) is 5.73 Å². The topological polar surface area (TPSA) is 153 Å². The molecule has 0 bridgehead atoms. The third-order valence-corrected chi connectivity index (χ3v) is 5.45. The van der Waals surface area contributed by atoms with Gasteiger partial charge in [0.2, 0.25) is 5.91 Å². The molecule has 0 saturated heterocycles. The van der Waals surface area contributed by atoms with Gasteiger partial charge in [0.15, 0.2) is 0 Å². The van der Waals surface area contributed by atoms with Crippen LogP contribution in [0.3, 0.4) is 0 Å². The van der Waals surface area contributed by atoms with Gasteiger partial charge in [-0.05, 0) is 18.1 Å². The molecule has 3 aromatic heterocycles. The van der Waals surface area contributed by atoms with Gasteiger partial charge in [0.25, 0.3) is 5.91 Å². The highest BCUT2D eigenvalue weighted by Crippen LogP contribution is 2.29. The van der Waals surface area contributed by atoms with Gasteiger partial charge in [0, 0.05) is 78.2 Å². The number of rotatable bonds is 11. The summed E-state index contributed by atoms with van der Waals surface area (Å²) in [7, 11) is 1.61. The van der Waals surface area contributed by atoms with Gasteiger partial charge in [-0.25, -0.2) is 4.98 Å². The zero-order valence-electron chi connectivity index (χ0n) is 20.6. The standard InChI is InChI=1S/C24H29F2N9O2/c1-14(2)21(24(37)33-13-35(25)26)34-18-4-16(9-29-11-18)20-12-31-22-19(20)5-17(10-30-22)23(36)32-8-15(6-27)7-28-3/h4-7,9-12,14,21,34H,8,13,27H2,1-3H3,(H,30,31)(H,32,36)(H,33,37)/b15-6+,28-7?/t21-/m1/s1. The quantitative estimate of drug-likeness (QED) is 0.150. The second kappa shape index (κ2) is 12.5. The third kappa shape index (κ3) is 7.07. The van der Waals surface area contributed by atoms with Gasteiger partial charge in [0.1, 0.15) is 18.4 Å². The van der Waals surface area contributed by atoms with Crippen LogP contribution in [0, 0.1) is 5.92 Å². The Hall–Kier alpha value is -4.39. The number of nitrogens with two attached hydrogens (primary N) is 1. The molecule has 0 aliphatic rings. The fourth-order valence-electron chi connectivity index (χ4n) is 3.59. The van der Waals surface area contributed by atoms with E-state index in [1.54, 1.807) is 51.6 Å². The number of aliphatic imine (C=N–C) groups is 1. The molecule has 11 nitrogen and oxygen atoms in total. The lowest BCUT2D eigenvalue weighted by molar-refractivity contribution is -0.163. The monoisotopic (exact) mass is 513 g/mol. The lowest BCUT2D eigenvalue weighted by Gasteiger charge is -2.22. The van der Waals surface area contributed by atoms with Gasteiger partial charge in [0.05, 0.1) is 11.3 Å². The highest BCUT2D eigenvalue weighted by atomic mass is 19.4. The number of nitrogens with zero attached hydrogens (tertiary/aromatic N) is 4. The number of aromatic amines is 1. The minimum atomic E-state index is -1.11. The zero-order valence-corrected chi connectivity index (χ0v) is 20.6. The minimum absolute atomic E-state index is 0.187. The molecule has 37 heavy (non-hydrogen) atoms. The van der Waals surface area contributed by atoms with Crippen molar-refractivity contribution in [1.82, 2.24) is 30.9 Å². The molecule has 0 aliphatic heterocycles.